The summed E-state index contributed by atoms with van der Waals surface area (Å²) in [6.07, 6.45) is 1.72. The molecule has 4 rings (SSSR count). The zero-order chi connectivity index (χ0) is 23.0. The second kappa shape index (κ2) is 8.72. The van der Waals surface area contributed by atoms with Gasteiger partial charge in [0.15, 0.2) is 5.11 Å². The maximum Gasteiger partial charge on any atom is 0.281 e. The van der Waals surface area contributed by atoms with E-state index in [-0.39, 0.29) is 16.8 Å². The van der Waals surface area contributed by atoms with Gasteiger partial charge in [-0.05, 0) is 74.1 Å². The number of ether oxygens (including phenoxy) is 1. The number of hydrogen-bond acceptors (Lipinski definition) is 4. The molecule has 1 amide bonds. The third-order valence-electron chi connectivity index (χ3n) is 5.19. The van der Waals surface area contributed by atoms with Crippen molar-refractivity contribution in [3.8, 4) is 5.75 Å². The van der Waals surface area contributed by atoms with Crippen LogP contribution in [-0.4, -0.2) is 27.9 Å². The third-order valence-corrected chi connectivity index (χ3v) is 6.02. The Balaban J connectivity index is 1.64. The summed E-state index contributed by atoms with van der Waals surface area (Å²) in [6.45, 7) is 4.23. The number of methoxy groups -OCH3 is 1. The van der Waals surface area contributed by atoms with Crippen molar-refractivity contribution in [2.45, 2.75) is 20.4 Å². The van der Waals surface area contributed by atoms with Crippen LogP contribution in [0.4, 0.5) is 10.1 Å². The SMILES string of the molecule is COc1ccc(/C=C2/NC(=S)N(c3ccc(F)cc3)C2=O)cc1Cn1nc(C)c(Cl)c1C. The van der Waals surface area contributed by atoms with Crippen LogP contribution >= 0.6 is 23.8 Å². The first-order valence-corrected chi connectivity index (χ1v) is 10.6. The lowest BCUT2D eigenvalue weighted by molar-refractivity contribution is -0.113. The van der Waals surface area contributed by atoms with Gasteiger partial charge in [-0.2, -0.15) is 5.10 Å². The van der Waals surface area contributed by atoms with Gasteiger partial charge in [-0.15, -0.1) is 0 Å². The number of hydrogen-bond donors (Lipinski definition) is 1. The van der Waals surface area contributed by atoms with E-state index in [1.165, 1.54) is 29.2 Å². The lowest BCUT2D eigenvalue weighted by atomic mass is 10.1. The van der Waals surface area contributed by atoms with Crippen LogP contribution in [0.3, 0.4) is 0 Å². The number of aryl methyl sites for hydroxylation is 1. The number of aromatic nitrogens is 2. The number of carbonyl (C=O) groups is 1. The minimum absolute atomic E-state index is 0.235. The second-order valence-corrected chi connectivity index (χ2v) is 8.08. The molecule has 1 fully saturated rings. The van der Waals surface area contributed by atoms with Crippen LogP contribution in [0.5, 0.6) is 5.75 Å². The van der Waals surface area contributed by atoms with Crippen LogP contribution in [0, 0.1) is 19.7 Å². The van der Waals surface area contributed by atoms with Gasteiger partial charge in [0, 0.05) is 5.56 Å². The maximum absolute atomic E-state index is 13.2. The highest BCUT2D eigenvalue weighted by Gasteiger charge is 2.32. The summed E-state index contributed by atoms with van der Waals surface area (Å²) < 4.78 is 20.6. The Morgan fingerprint density at radius 1 is 1.22 bits per heavy atom. The van der Waals surface area contributed by atoms with Crippen molar-refractivity contribution in [2.24, 2.45) is 0 Å². The molecule has 1 aliphatic rings. The maximum atomic E-state index is 13.2. The number of anilines is 1. The summed E-state index contributed by atoms with van der Waals surface area (Å²) in [7, 11) is 1.60. The minimum atomic E-state index is -0.385. The highest BCUT2D eigenvalue weighted by atomic mass is 35.5. The third kappa shape index (κ3) is 4.11. The molecule has 1 aliphatic heterocycles. The Kier molecular flexibility index (Phi) is 5.99. The fourth-order valence-corrected chi connectivity index (χ4v) is 3.96. The van der Waals surface area contributed by atoms with E-state index in [4.69, 9.17) is 28.6 Å². The van der Waals surface area contributed by atoms with Crippen molar-refractivity contribution in [2.75, 3.05) is 12.0 Å². The number of thiocarbonyl (C=S) groups is 1. The first-order valence-electron chi connectivity index (χ1n) is 9.77. The van der Waals surface area contributed by atoms with Crippen LogP contribution in [0.1, 0.15) is 22.5 Å². The highest BCUT2D eigenvalue weighted by Crippen LogP contribution is 2.27. The van der Waals surface area contributed by atoms with Gasteiger partial charge in [0.05, 0.1) is 35.8 Å². The fourth-order valence-electron chi connectivity index (χ4n) is 3.53. The molecular weight excluding hydrogens is 451 g/mol. The molecule has 1 saturated heterocycles. The van der Waals surface area contributed by atoms with E-state index in [1.807, 2.05) is 36.7 Å². The van der Waals surface area contributed by atoms with Gasteiger partial charge in [-0.1, -0.05) is 17.7 Å². The lowest BCUT2D eigenvalue weighted by Crippen LogP contribution is -2.30. The average molecular weight is 471 g/mol. The van der Waals surface area contributed by atoms with Crippen LogP contribution in [0.25, 0.3) is 6.08 Å². The molecule has 164 valence electrons. The predicted molar refractivity (Wildman–Crippen MR) is 126 cm³/mol. The van der Waals surface area contributed by atoms with Gasteiger partial charge in [0.2, 0.25) is 0 Å². The fraction of sp³-hybridized carbons (Fsp3) is 0.174. The number of benzene rings is 2. The molecule has 1 aromatic heterocycles. The summed E-state index contributed by atoms with van der Waals surface area (Å²) in [5, 5.41) is 8.30. The quantitative estimate of drug-likeness (QED) is 0.436. The summed E-state index contributed by atoms with van der Waals surface area (Å²) in [6, 6.07) is 11.2. The highest BCUT2D eigenvalue weighted by molar-refractivity contribution is 7.80. The Hall–Kier alpha value is -3.23. The zero-order valence-electron chi connectivity index (χ0n) is 17.6. The van der Waals surface area contributed by atoms with E-state index in [0.717, 1.165) is 22.5 Å². The largest absolute Gasteiger partial charge is 0.496 e. The van der Waals surface area contributed by atoms with Crippen molar-refractivity contribution in [3.05, 3.63) is 81.5 Å². The first kappa shape index (κ1) is 22.0. The number of carbonyl (C=O) groups excluding carboxylic acids is 1. The normalized spacial score (nSPS) is 14.9. The van der Waals surface area contributed by atoms with E-state index >= 15 is 0 Å². The molecule has 1 N–H and O–H groups in total. The molecule has 32 heavy (non-hydrogen) atoms. The van der Waals surface area contributed by atoms with Gasteiger partial charge in [-0.3, -0.25) is 14.4 Å². The summed E-state index contributed by atoms with van der Waals surface area (Å²) in [5.74, 6) is -0.000928. The number of amides is 1. The van der Waals surface area contributed by atoms with E-state index in [1.54, 1.807) is 13.2 Å². The standard InChI is InChI=1S/C23H20ClFN4O2S/c1-13-21(24)14(2)28(27-13)12-16-10-15(4-9-20(16)31-3)11-19-22(30)29(23(32)26-19)18-7-5-17(25)6-8-18/h4-11H,12H2,1-3H3,(H,26,32)/b19-11+. The van der Waals surface area contributed by atoms with Crippen molar-refractivity contribution < 1.29 is 13.9 Å². The molecule has 0 spiro atoms. The number of nitrogens with zero attached hydrogens (tertiary/aromatic N) is 3. The van der Waals surface area contributed by atoms with Crippen molar-refractivity contribution in [3.63, 3.8) is 0 Å². The van der Waals surface area contributed by atoms with Crippen molar-refractivity contribution >= 4 is 46.6 Å². The van der Waals surface area contributed by atoms with Crippen LogP contribution < -0.4 is 15.0 Å². The molecule has 0 unspecified atom stereocenters. The second-order valence-electron chi connectivity index (χ2n) is 7.32. The monoisotopic (exact) mass is 470 g/mol. The Morgan fingerprint density at radius 2 is 1.94 bits per heavy atom. The van der Waals surface area contributed by atoms with E-state index in [9.17, 15) is 9.18 Å². The number of nitrogens with one attached hydrogen (secondary N) is 1. The minimum Gasteiger partial charge on any atom is -0.496 e. The molecule has 3 aromatic rings. The average Bonchev–Trinajstić information content (AvgIpc) is 3.18. The molecule has 2 heterocycles. The molecule has 9 heteroatoms. The Bertz CT molecular complexity index is 1250. The topological polar surface area (TPSA) is 59.4 Å². The van der Waals surface area contributed by atoms with Crippen LogP contribution in [-0.2, 0) is 11.3 Å². The molecule has 0 radical (unpaired) electrons. The molecule has 2 aromatic carbocycles. The van der Waals surface area contributed by atoms with Gasteiger partial charge in [0.25, 0.3) is 5.91 Å². The van der Waals surface area contributed by atoms with Crippen LogP contribution in [0.15, 0.2) is 48.2 Å². The van der Waals surface area contributed by atoms with Gasteiger partial charge in [-0.25, -0.2) is 4.39 Å². The smallest absolute Gasteiger partial charge is 0.281 e. The van der Waals surface area contributed by atoms with Gasteiger partial charge in [0.1, 0.15) is 17.3 Å². The summed E-state index contributed by atoms with van der Waals surface area (Å²) >= 11 is 11.6. The molecule has 0 atom stereocenters. The van der Waals surface area contributed by atoms with Gasteiger partial charge >= 0.3 is 0 Å². The van der Waals surface area contributed by atoms with Gasteiger partial charge < -0.3 is 10.1 Å². The van der Waals surface area contributed by atoms with Crippen molar-refractivity contribution in [1.29, 1.82) is 0 Å². The first-order chi connectivity index (χ1) is 15.3. The molecule has 0 saturated carbocycles. The molecular formula is C23H20ClFN4O2S. The molecule has 0 bridgehead atoms. The number of halogens is 2. The predicted octanol–water partition coefficient (Wildman–Crippen LogP) is 4.61. The van der Waals surface area contributed by atoms with E-state index in [2.05, 4.69) is 10.4 Å². The summed E-state index contributed by atoms with van der Waals surface area (Å²) in [5.41, 5.74) is 4.11. The van der Waals surface area contributed by atoms with E-state index < -0.39 is 0 Å². The van der Waals surface area contributed by atoms with E-state index in [0.29, 0.717) is 28.7 Å². The molecule has 0 aliphatic carbocycles. The van der Waals surface area contributed by atoms with Crippen molar-refractivity contribution in [1.82, 2.24) is 15.1 Å². The molecule has 6 nitrogen and oxygen atoms in total. The zero-order valence-corrected chi connectivity index (χ0v) is 19.2. The number of rotatable bonds is 5. The summed E-state index contributed by atoms with van der Waals surface area (Å²) in [4.78, 5) is 14.3. The Morgan fingerprint density at radius 3 is 2.56 bits per heavy atom. The van der Waals surface area contributed by atoms with Crippen LogP contribution in [0.2, 0.25) is 5.02 Å². The Labute approximate surface area is 195 Å². The lowest BCUT2D eigenvalue weighted by Gasteiger charge is -2.13.